The topological polar surface area (TPSA) is 95.9 Å². The number of carbonyl (C=O) groups is 1. The molecule has 0 saturated carbocycles. The second kappa shape index (κ2) is 5.96. The lowest BCUT2D eigenvalue weighted by atomic mass is 10.3. The molecule has 3 rings (SSSR count). The molecule has 3 aromatic heterocycles. The fourth-order valence-corrected chi connectivity index (χ4v) is 4.15. The number of aliphatic carboxylic acids is 1. The van der Waals surface area contributed by atoms with Gasteiger partial charge in [0.25, 0.3) is 5.56 Å². The van der Waals surface area contributed by atoms with Crippen molar-refractivity contribution in [2.24, 2.45) is 0 Å². The van der Waals surface area contributed by atoms with Crippen LogP contribution in [0.3, 0.4) is 0 Å². The van der Waals surface area contributed by atoms with Gasteiger partial charge in [-0.25, -0.2) is 9.97 Å². The Morgan fingerprint density at radius 2 is 2.24 bits per heavy atom. The second-order valence-corrected chi connectivity index (χ2v) is 7.11. The van der Waals surface area contributed by atoms with Crippen molar-refractivity contribution >= 4 is 50.6 Å². The van der Waals surface area contributed by atoms with E-state index in [1.165, 1.54) is 34.4 Å². The predicted octanol–water partition coefficient (Wildman–Crippen LogP) is 2.36. The molecule has 0 unspecified atom stereocenters. The highest BCUT2D eigenvalue weighted by Crippen LogP contribution is 2.25. The molecule has 3 heterocycles. The largest absolute Gasteiger partial charge is 0.481 e. The Hall–Kier alpha value is -1.71. The Labute approximate surface area is 130 Å². The molecule has 0 saturated heterocycles. The summed E-state index contributed by atoms with van der Waals surface area (Å²) in [6.45, 7) is 0. The predicted molar refractivity (Wildman–Crippen MR) is 83.3 cm³/mol. The smallest absolute Gasteiger partial charge is 0.309 e. The van der Waals surface area contributed by atoms with Gasteiger partial charge in [-0.05, 0) is 11.4 Å². The highest BCUT2D eigenvalue weighted by Gasteiger charge is 2.09. The Kier molecular flexibility index (Phi) is 4.04. The molecule has 0 fully saturated rings. The maximum absolute atomic E-state index is 11.8. The molecule has 0 radical (unpaired) electrons. The van der Waals surface area contributed by atoms with Crippen molar-refractivity contribution in [2.75, 3.05) is 0 Å². The molecule has 108 valence electrons. The zero-order valence-corrected chi connectivity index (χ0v) is 13.0. The van der Waals surface area contributed by atoms with Crippen LogP contribution in [0.5, 0.6) is 0 Å². The molecule has 2 N–H and O–H groups in total. The molecular weight excluding hydrogens is 330 g/mol. The van der Waals surface area contributed by atoms with E-state index in [0.29, 0.717) is 27.5 Å². The van der Waals surface area contributed by atoms with Crippen LogP contribution in [0.4, 0.5) is 0 Å². The number of nitrogens with one attached hydrogen (secondary N) is 1. The molecule has 6 nitrogen and oxygen atoms in total. The van der Waals surface area contributed by atoms with Gasteiger partial charge in [-0.1, -0.05) is 11.8 Å². The first kappa shape index (κ1) is 14.2. The van der Waals surface area contributed by atoms with E-state index in [2.05, 4.69) is 15.0 Å². The van der Waals surface area contributed by atoms with Crippen LogP contribution < -0.4 is 5.56 Å². The third kappa shape index (κ3) is 3.31. The van der Waals surface area contributed by atoms with Crippen LogP contribution in [-0.4, -0.2) is 26.0 Å². The average Bonchev–Trinajstić information content (AvgIpc) is 3.04. The Balaban J connectivity index is 1.72. The van der Waals surface area contributed by atoms with Gasteiger partial charge in [0.1, 0.15) is 10.5 Å². The lowest BCUT2D eigenvalue weighted by Crippen LogP contribution is -2.09. The third-order valence-electron chi connectivity index (χ3n) is 2.56. The van der Waals surface area contributed by atoms with Crippen LogP contribution in [-0.2, 0) is 17.0 Å². The van der Waals surface area contributed by atoms with E-state index in [0.717, 1.165) is 4.34 Å². The number of hydrogen-bond acceptors (Lipinski definition) is 7. The van der Waals surface area contributed by atoms with Crippen molar-refractivity contribution in [3.63, 3.8) is 0 Å². The number of thioether (sulfide) groups is 1. The number of fused-ring (bicyclic) bond motifs is 1. The zero-order valence-electron chi connectivity index (χ0n) is 10.5. The Morgan fingerprint density at radius 1 is 1.38 bits per heavy atom. The number of rotatable bonds is 5. The van der Waals surface area contributed by atoms with Crippen LogP contribution in [0.2, 0.25) is 0 Å². The summed E-state index contributed by atoms with van der Waals surface area (Å²) in [5.74, 6) is 0.178. The summed E-state index contributed by atoms with van der Waals surface area (Å²) in [4.78, 5) is 33.8. The molecule has 0 aliphatic rings. The maximum Gasteiger partial charge on any atom is 0.309 e. The zero-order chi connectivity index (χ0) is 14.8. The first-order chi connectivity index (χ1) is 10.1. The van der Waals surface area contributed by atoms with E-state index in [1.54, 1.807) is 5.38 Å². The quantitative estimate of drug-likeness (QED) is 0.693. The Bertz CT molecular complexity index is 852. The van der Waals surface area contributed by atoms with E-state index in [4.69, 9.17) is 5.11 Å². The van der Waals surface area contributed by atoms with Gasteiger partial charge >= 0.3 is 5.97 Å². The molecule has 0 aliphatic heterocycles. The molecule has 3 aromatic rings. The van der Waals surface area contributed by atoms with E-state index < -0.39 is 5.97 Å². The second-order valence-electron chi connectivity index (χ2n) is 4.11. The Morgan fingerprint density at radius 3 is 3.05 bits per heavy atom. The molecule has 9 heteroatoms. The number of H-pyrrole nitrogens is 1. The summed E-state index contributed by atoms with van der Waals surface area (Å²) in [6, 6.07) is 1.82. The van der Waals surface area contributed by atoms with E-state index in [9.17, 15) is 9.59 Å². The van der Waals surface area contributed by atoms with Gasteiger partial charge in [0.05, 0.1) is 23.4 Å². The van der Waals surface area contributed by atoms with Gasteiger partial charge in [0.2, 0.25) is 0 Å². The van der Waals surface area contributed by atoms with Crippen molar-refractivity contribution in [2.45, 2.75) is 16.5 Å². The van der Waals surface area contributed by atoms with Crippen molar-refractivity contribution in [1.82, 2.24) is 15.0 Å². The molecule has 0 spiro atoms. The minimum atomic E-state index is -0.897. The van der Waals surface area contributed by atoms with Crippen LogP contribution >= 0.6 is 34.4 Å². The molecular formula is C12H9N3O3S3. The van der Waals surface area contributed by atoms with Gasteiger partial charge in [-0.2, -0.15) is 0 Å². The number of carboxylic acids is 1. The molecule has 0 aromatic carbocycles. The minimum absolute atomic E-state index is 0.0764. The highest BCUT2D eigenvalue weighted by molar-refractivity contribution is 8.00. The first-order valence-corrected chi connectivity index (χ1v) is 8.61. The lowest BCUT2D eigenvalue weighted by molar-refractivity contribution is -0.136. The number of hydrogen-bond donors (Lipinski definition) is 2. The van der Waals surface area contributed by atoms with Crippen LogP contribution in [0.15, 0.2) is 26.0 Å². The summed E-state index contributed by atoms with van der Waals surface area (Å²) < 4.78 is 1.39. The first-order valence-electron chi connectivity index (χ1n) is 5.87. The van der Waals surface area contributed by atoms with E-state index in [-0.39, 0.29) is 12.0 Å². The highest BCUT2D eigenvalue weighted by atomic mass is 32.2. The molecule has 0 bridgehead atoms. The van der Waals surface area contributed by atoms with Crippen molar-refractivity contribution in [3.8, 4) is 0 Å². The van der Waals surface area contributed by atoms with Crippen molar-refractivity contribution in [3.05, 3.63) is 38.7 Å². The van der Waals surface area contributed by atoms with Crippen LogP contribution in [0.1, 0.15) is 11.5 Å². The fraction of sp³-hybridized carbons (Fsp3) is 0.167. The number of carboxylic acid groups (broad SMARTS) is 1. The number of aromatic nitrogens is 3. The minimum Gasteiger partial charge on any atom is -0.481 e. The number of nitrogens with zero attached hydrogens (tertiary/aromatic N) is 2. The number of thiazole rings is 1. The van der Waals surface area contributed by atoms with Gasteiger partial charge < -0.3 is 10.1 Å². The summed E-state index contributed by atoms with van der Waals surface area (Å²) in [5, 5.41) is 12.3. The monoisotopic (exact) mass is 339 g/mol. The lowest BCUT2D eigenvalue weighted by Gasteiger charge is -1.98. The number of thiophene rings is 1. The number of aromatic amines is 1. The van der Waals surface area contributed by atoms with Crippen LogP contribution in [0, 0.1) is 0 Å². The molecule has 0 aliphatic carbocycles. The summed E-state index contributed by atoms with van der Waals surface area (Å²) in [6.07, 6.45) is -0.0764. The van der Waals surface area contributed by atoms with Gasteiger partial charge in [-0.15, -0.1) is 22.7 Å². The van der Waals surface area contributed by atoms with Crippen molar-refractivity contribution < 1.29 is 9.90 Å². The van der Waals surface area contributed by atoms with Crippen LogP contribution in [0.25, 0.3) is 10.2 Å². The van der Waals surface area contributed by atoms with Gasteiger partial charge in [-0.3, -0.25) is 9.59 Å². The van der Waals surface area contributed by atoms with E-state index >= 15 is 0 Å². The third-order valence-corrected chi connectivity index (χ3v) is 5.54. The van der Waals surface area contributed by atoms with Crippen molar-refractivity contribution in [1.29, 1.82) is 0 Å². The fourth-order valence-electron chi connectivity index (χ4n) is 1.71. The normalized spacial score (nSPS) is 11.0. The SMILES string of the molecule is O=C(O)Cc1csc(SCc2nc3ccsc3c(=O)[nH]2)n1. The molecule has 0 amide bonds. The standard InChI is InChI=1S/C12H9N3O3S3/c16-9(17)3-6-4-20-12(13-6)21-5-8-14-7-1-2-19-10(7)11(18)15-8/h1-2,4H,3,5H2,(H,16,17)(H,14,15,18). The van der Waals surface area contributed by atoms with E-state index in [1.807, 2.05) is 11.4 Å². The summed E-state index contributed by atoms with van der Waals surface area (Å²) >= 11 is 4.18. The maximum atomic E-state index is 11.8. The molecule has 0 atom stereocenters. The molecule has 21 heavy (non-hydrogen) atoms. The summed E-state index contributed by atoms with van der Waals surface area (Å²) in [5.41, 5.74) is 1.12. The van der Waals surface area contributed by atoms with Gasteiger partial charge in [0, 0.05) is 5.38 Å². The average molecular weight is 339 g/mol. The van der Waals surface area contributed by atoms with Gasteiger partial charge in [0.15, 0.2) is 4.34 Å². The summed E-state index contributed by atoms with van der Waals surface area (Å²) in [7, 11) is 0.